The van der Waals surface area contributed by atoms with E-state index in [-0.39, 0.29) is 5.91 Å². The number of fused-ring (bicyclic) bond motifs is 1. The molecule has 0 radical (unpaired) electrons. The number of rotatable bonds is 4. The van der Waals surface area contributed by atoms with E-state index in [1.807, 2.05) is 37.3 Å². The number of anilines is 1. The van der Waals surface area contributed by atoms with Crippen LogP contribution in [0.4, 0.5) is 5.69 Å². The van der Waals surface area contributed by atoms with Crippen molar-refractivity contribution in [1.82, 2.24) is 19.8 Å². The second-order valence-corrected chi connectivity index (χ2v) is 7.67. The number of nitrogens with zero attached hydrogens (tertiary/aromatic N) is 4. The molecule has 0 saturated carbocycles. The molecule has 0 spiro atoms. The van der Waals surface area contributed by atoms with Crippen LogP contribution in [-0.4, -0.2) is 32.8 Å². The van der Waals surface area contributed by atoms with Crippen LogP contribution < -0.4 is 10.1 Å². The smallest absolute Gasteiger partial charge is 0.259 e. The minimum Gasteiger partial charge on any atom is -0.496 e. The van der Waals surface area contributed by atoms with E-state index in [1.54, 1.807) is 24.0 Å². The first kappa shape index (κ1) is 17.6. The third-order valence-corrected chi connectivity index (χ3v) is 5.38. The first-order valence-electron chi connectivity index (χ1n) is 7.98. The summed E-state index contributed by atoms with van der Waals surface area (Å²) in [4.78, 5) is 13.4. The molecule has 0 saturated heterocycles. The van der Waals surface area contributed by atoms with E-state index < -0.39 is 0 Å². The van der Waals surface area contributed by atoms with Crippen molar-refractivity contribution in [2.75, 3.05) is 12.4 Å². The minimum absolute atomic E-state index is 0.234. The van der Waals surface area contributed by atoms with Crippen LogP contribution in [0.5, 0.6) is 5.75 Å². The first-order valence-corrected chi connectivity index (χ1v) is 9.59. The van der Waals surface area contributed by atoms with Crippen molar-refractivity contribution in [2.45, 2.75) is 6.92 Å². The quantitative estimate of drug-likeness (QED) is 0.511. The molecule has 0 fully saturated rings. The van der Waals surface area contributed by atoms with E-state index in [0.29, 0.717) is 17.0 Å². The third kappa shape index (κ3) is 3.43. The molecule has 0 aliphatic carbocycles. The summed E-state index contributed by atoms with van der Waals surface area (Å²) in [6.07, 6.45) is 1.57. The van der Waals surface area contributed by atoms with E-state index in [0.717, 1.165) is 25.6 Å². The number of nitrogens with one attached hydrogen (secondary N) is 1. The van der Waals surface area contributed by atoms with E-state index in [2.05, 4.69) is 36.5 Å². The standard InChI is InChI=1S/C18H14BrN5O2S/c1-10-7-12(19)8-14(15(10)26-2)16(25)21-13-5-3-11(4-6-13)17-23-24-9-20-22-18(24)27-17/h3-9H,1-2H3,(H,21,25). The second kappa shape index (κ2) is 7.09. The molecular weight excluding hydrogens is 430 g/mol. The number of aromatic nitrogens is 4. The third-order valence-electron chi connectivity index (χ3n) is 3.96. The summed E-state index contributed by atoms with van der Waals surface area (Å²) in [5.74, 6) is 0.329. The highest BCUT2D eigenvalue weighted by Gasteiger charge is 2.16. The van der Waals surface area contributed by atoms with E-state index in [4.69, 9.17) is 4.74 Å². The molecular formula is C18H14BrN5O2S. The topological polar surface area (TPSA) is 81.4 Å². The fourth-order valence-corrected chi connectivity index (χ4v) is 4.14. The van der Waals surface area contributed by atoms with Gasteiger partial charge in [-0.3, -0.25) is 4.79 Å². The van der Waals surface area contributed by atoms with Gasteiger partial charge in [-0.25, -0.2) is 0 Å². The summed E-state index contributed by atoms with van der Waals surface area (Å²) in [7, 11) is 1.56. The lowest BCUT2D eigenvalue weighted by Crippen LogP contribution is -2.13. The normalized spacial score (nSPS) is 10.9. The maximum atomic E-state index is 12.7. The van der Waals surface area contributed by atoms with Gasteiger partial charge in [0.05, 0.1) is 12.7 Å². The molecule has 9 heteroatoms. The van der Waals surface area contributed by atoms with Crippen molar-refractivity contribution >= 4 is 43.8 Å². The van der Waals surface area contributed by atoms with Crippen molar-refractivity contribution in [3.05, 3.63) is 58.3 Å². The Labute approximate surface area is 167 Å². The van der Waals surface area contributed by atoms with Crippen LogP contribution in [0.25, 0.3) is 15.5 Å². The first-order chi connectivity index (χ1) is 13.0. The highest BCUT2D eigenvalue weighted by Crippen LogP contribution is 2.29. The molecule has 7 nitrogen and oxygen atoms in total. The average molecular weight is 444 g/mol. The van der Waals surface area contributed by atoms with Crippen molar-refractivity contribution in [1.29, 1.82) is 0 Å². The van der Waals surface area contributed by atoms with Gasteiger partial charge < -0.3 is 10.1 Å². The molecule has 0 aliphatic rings. The number of aryl methyl sites for hydroxylation is 1. The second-order valence-electron chi connectivity index (χ2n) is 5.80. The number of halogens is 1. The van der Waals surface area contributed by atoms with Gasteiger partial charge in [-0.1, -0.05) is 27.3 Å². The predicted octanol–water partition coefficient (Wildman–Crippen LogP) is 4.18. The Kier molecular flexibility index (Phi) is 4.63. The maximum absolute atomic E-state index is 12.7. The van der Waals surface area contributed by atoms with Crippen LogP contribution in [0.1, 0.15) is 15.9 Å². The number of amides is 1. The van der Waals surface area contributed by atoms with Gasteiger partial charge >= 0.3 is 0 Å². The van der Waals surface area contributed by atoms with Gasteiger partial charge in [-0.15, -0.1) is 10.2 Å². The number of hydrogen-bond acceptors (Lipinski definition) is 6. The Morgan fingerprint density at radius 3 is 2.74 bits per heavy atom. The molecule has 2 aromatic carbocycles. The Hall–Kier alpha value is -2.78. The molecule has 1 amide bonds. The van der Waals surface area contributed by atoms with Crippen molar-refractivity contribution < 1.29 is 9.53 Å². The number of ether oxygens (including phenoxy) is 1. The SMILES string of the molecule is COc1c(C)cc(Br)cc1C(=O)Nc1ccc(-c2nn3cnnc3s2)cc1. The fourth-order valence-electron chi connectivity index (χ4n) is 2.74. The van der Waals surface area contributed by atoms with Gasteiger partial charge in [0.25, 0.3) is 5.91 Å². The molecule has 4 aromatic rings. The van der Waals surface area contributed by atoms with Gasteiger partial charge in [0, 0.05) is 15.7 Å². The molecule has 4 rings (SSSR count). The lowest BCUT2D eigenvalue weighted by Gasteiger charge is -2.12. The average Bonchev–Trinajstić information content (AvgIpc) is 3.23. The Morgan fingerprint density at radius 1 is 1.26 bits per heavy atom. The Bertz CT molecular complexity index is 1110. The van der Waals surface area contributed by atoms with Gasteiger partial charge in [0.15, 0.2) is 0 Å². The minimum atomic E-state index is -0.234. The largest absolute Gasteiger partial charge is 0.496 e. The molecule has 0 aliphatic heterocycles. The maximum Gasteiger partial charge on any atom is 0.259 e. The van der Waals surface area contributed by atoms with Crippen LogP contribution >= 0.6 is 27.3 Å². The van der Waals surface area contributed by atoms with Gasteiger partial charge in [0.2, 0.25) is 4.96 Å². The number of methoxy groups -OCH3 is 1. The monoisotopic (exact) mass is 443 g/mol. The fraction of sp³-hybridized carbons (Fsp3) is 0.111. The Balaban J connectivity index is 1.56. The molecule has 0 unspecified atom stereocenters. The van der Waals surface area contributed by atoms with Crippen LogP contribution in [0, 0.1) is 6.92 Å². The molecule has 1 N–H and O–H groups in total. The highest BCUT2D eigenvalue weighted by molar-refractivity contribution is 9.10. The number of benzene rings is 2. The summed E-state index contributed by atoms with van der Waals surface area (Å²) >= 11 is 4.87. The summed E-state index contributed by atoms with van der Waals surface area (Å²) in [5, 5.41) is 15.9. The van der Waals surface area contributed by atoms with E-state index in [9.17, 15) is 4.79 Å². The molecule has 2 heterocycles. The number of carbonyl (C=O) groups excluding carboxylic acids is 1. The molecule has 0 atom stereocenters. The summed E-state index contributed by atoms with van der Waals surface area (Å²) < 4.78 is 7.85. The molecule has 0 bridgehead atoms. The van der Waals surface area contributed by atoms with E-state index >= 15 is 0 Å². The lowest BCUT2D eigenvalue weighted by molar-refractivity contribution is 0.102. The van der Waals surface area contributed by atoms with Crippen LogP contribution in [0.15, 0.2) is 47.2 Å². The summed E-state index contributed by atoms with van der Waals surface area (Å²) in [6, 6.07) is 11.1. The van der Waals surface area contributed by atoms with Crippen LogP contribution in [0.3, 0.4) is 0 Å². The zero-order valence-electron chi connectivity index (χ0n) is 14.4. The zero-order chi connectivity index (χ0) is 19.0. The Morgan fingerprint density at radius 2 is 2.04 bits per heavy atom. The van der Waals surface area contributed by atoms with Gasteiger partial charge in [-0.05, 0) is 48.9 Å². The molecule has 136 valence electrons. The predicted molar refractivity (Wildman–Crippen MR) is 107 cm³/mol. The number of carbonyl (C=O) groups is 1. The van der Waals surface area contributed by atoms with Crippen molar-refractivity contribution in [3.63, 3.8) is 0 Å². The molecule has 27 heavy (non-hydrogen) atoms. The van der Waals surface area contributed by atoms with Crippen molar-refractivity contribution in [3.8, 4) is 16.3 Å². The van der Waals surface area contributed by atoms with Gasteiger partial charge in [-0.2, -0.15) is 9.61 Å². The van der Waals surface area contributed by atoms with Crippen molar-refractivity contribution in [2.24, 2.45) is 0 Å². The van der Waals surface area contributed by atoms with E-state index in [1.165, 1.54) is 11.3 Å². The summed E-state index contributed by atoms with van der Waals surface area (Å²) in [5.41, 5.74) is 2.99. The van der Waals surface area contributed by atoms with Crippen LogP contribution in [-0.2, 0) is 0 Å². The lowest BCUT2D eigenvalue weighted by atomic mass is 10.1. The van der Waals surface area contributed by atoms with Gasteiger partial charge in [0.1, 0.15) is 17.1 Å². The van der Waals surface area contributed by atoms with Crippen LogP contribution in [0.2, 0.25) is 0 Å². The summed E-state index contributed by atoms with van der Waals surface area (Å²) in [6.45, 7) is 1.90. The molecule has 2 aromatic heterocycles. The number of hydrogen-bond donors (Lipinski definition) is 1. The zero-order valence-corrected chi connectivity index (χ0v) is 16.8. The highest BCUT2D eigenvalue weighted by atomic mass is 79.9.